The predicted molar refractivity (Wildman–Crippen MR) is 110 cm³/mol. The number of hydrogen-bond donors (Lipinski definition) is 1. The molecule has 0 radical (unpaired) electrons. The quantitative estimate of drug-likeness (QED) is 0.704. The van der Waals surface area contributed by atoms with Gasteiger partial charge in [0.05, 0.1) is 6.42 Å². The van der Waals surface area contributed by atoms with Crippen LogP contribution in [-0.2, 0) is 22.6 Å². The molecule has 0 unspecified atom stereocenters. The summed E-state index contributed by atoms with van der Waals surface area (Å²) in [6.45, 7) is 5.52. The number of benzene rings is 2. The van der Waals surface area contributed by atoms with E-state index in [-0.39, 0.29) is 36.6 Å². The molecule has 0 spiro atoms. The molecule has 0 aliphatic carbocycles. The summed E-state index contributed by atoms with van der Waals surface area (Å²) < 4.78 is 13.2. The maximum absolute atomic E-state index is 13.2. The van der Waals surface area contributed by atoms with Gasteiger partial charge < -0.3 is 10.2 Å². The van der Waals surface area contributed by atoms with Crippen LogP contribution < -0.4 is 5.32 Å². The Labute approximate surface area is 174 Å². The summed E-state index contributed by atoms with van der Waals surface area (Å²) in [6.07, 6.45) is -0.0427. The van der Waals surface area contributed by atoms with Crippen molar-refractivity contribution in [1.29, 1.82) is 0 Å². The number of nitrogens with zero attached hydrogens (tertiary/aromatic N) is 1. The first-order valence-electron chi connectivity index (χ1n) is 8.96. The molecular formula is C21H23Cl2FN2O2. The summed E-state index contributed by atoms with van der Waals surface area (Å²) in [4.78, 5) is 27.0. The van der Waals surface area contributed by atoms with Crippen molar-refractivity contribution in [2.24, 2.45) is 0 Å². The summed E-state index contributed by atoms with van der Waals surface area (Å²) in [7, 11) is 0. The second-order valence-corrected chi connectivity index (χ2v) is 7.68. The normalized spacial score (nSPS) is 12.0. The summed E-state index contributed by atoms with van der Waals surface area (Å²) in [5, 5.41) is 3.60. The molecular weight excluding hydrogens is 402 g/mol. The lowest BCUT2D eigenvalue weighted by Gasteiger charge is -2.29. The molecule has 150 valence electrons. The first kappa shape index (κ1) is 22.2. The van der Waals surface area contributed by atoms with Crippen molar-refractivity contribution in [2.75, 3.05) is 0 Å². The summed E-state index contributed by atoms with van der Waals surface area (Å²) in [5.41, 5.74) is 1.22. The fourth-order valence-corrected chi connectivity index (χ4v) is 3.26. The lowest BCUT2D eigenvalue weighted by molar-refractivity contribution is -0.140. The van der Waals surface area contributed by atoms with Crippen molar-refractivity contribution in [3.05, 3.63) is 69.5 Å². The van der Waals surface area contributed by atoms with E-state index in [1.54, 1.807) is 37.3 Å². The van der Waals surface area contributed by atoms with Gasteiger partial charge in [-0.1, -0.05) is 41.4 Å². The lowest BCUT2D eigenvalue weighted by atomic mass is 10.1. The highest BCUT2D eigenvalue weighted by atomic mass is 35.5. The third-order valence-electron chi connectivity index (χ3n) is 4.25. The second-order valence-electron chi connectivity index (χ2n) is 6.86. The molecule has 0 saturated heterocycles. The Morgan fingerprint density at radius 2 is 1.61 bits per heavy atom. The van der Waals surface area contributed by atoms with Gasteiger partial charge in [0, 0.05) is 22.6 Å². The first-order chi connectivity index (χ1) is 13.2. The highest BCUT2D eigenvalue weighted by molar-refractivity contribution is 6.36. The topological polar surface area (TPSA) is 49.4 Å². The molecule has 0 aromatic heterocycles. The smallest absolute Gasteiger partial charge is 0.242 e. The van der Waals surface area contributed by atoms with Gasteiger partial charge in [-0.05, 0) is 56.2 Å². The number of halogens is 3. The van der Waals surface area contributed by atoms with Gasteiger partial charge in [-0.3, -0.25) is 9.59 Å². The number of carbonyl (C=O) groups excluding carboxylic acids is 2. The van der Waals surface area contributed by atoms with Crippen molar-refractivity contribution in [1.82, 2.24) is 10.2 Å². The zero-order chi connectivity index (χ0) is 20.8. The number of hydrogen-bond acceptors (Lipinski definition) is 2. The summed E-state index contributed by atoms with van der Waals surface area (Å²) in [6, 6.07) is 10.1. The Morgan fingerprint density at radius 3 is 2.14 bits per heavy atom. The Bertz CT molecular complexity index is 821. The molecule has 4 nitrogen and oxygen atoms in total. The Hall–Kier alpha value is -2.11. The van der Waals surface area contributed by atoms with Crippen molar-refractivity contribution < 1.29 is 14.0 Å². The maximum atomic E-state index is 13.2. The van der Waals surface area contributed by atoms with Gasteiger partial charge in [-0.25, -0.2) is 4.39 Å². The SMILES string of the molecule is CC(C)NC(=O)[C@H](C)N(Cc1ccc(F)cc1)C(=O)Cc1c(Cl)cccc1Cl. The van der Waals surface area contributed by atoms with E-state index in [0.29, 0.717) is 21.2 Å². The Balaban J connectivity index is 2.29. The molecule has 2 rings (SSSR count). The van der Waals surface area contributed by atoms with Gasteiger partial charge in [0.1, 0.15) is 11.9 Å². The van der Waals surface area contributed by atoms with Gasteiger partial charge in [-0.15, -0.1) is 0 Å². The molecule has 2 aromatic rings. The minimum atomic E-state index is -0.721. The molecule has 0 fully saturated rings. The van der Waals surface area contributed by atoms with Crippen LogP contribution in [0, 0.1) is 5.82 Å². The van der Waals surface area contributed by atoms with Crippen LogP contribution in [0.5, 0.6) is 0 Å². The van der Waals surface area contributed by atoms with Crippen molar-refractivity contribution >= 4 is 35.0 Å². The van der Waals surface area contributed by atoms with Crippen LogP contribution >= 0.6 is 23.2 Å². The van der Waals surface area contributed by atoms with E-state index in [1.807, 2.05) is 13.8 Å². The first-order valence-corrected chi connectivity index (χ1v) is 9.71. The van der Waals surface area contributed by atoms with E-state index in [4.69, 9.17) is 23.2 Å². The molecule has 1 atom stereocenters. The minimum Gasteiger partial charge on any atom is -0.352 e. The second kappa shape index (κ2) is 9.89. The Morgan fingerprint density at radius 1 is 1.04 bits per heavy atom. The van der Waals surface area contributed by atoms with Crippen LogP contribution in [0.2, 0.25) is 10.0 Å². The van der Waals surface area contributed by atoms with Crippen LogP contribution in [0.3, 0.4) is 0 Å². The standard InChI is InChI=1S/C21H23Cl2FN2O2/c1-13(2)25-21(28)14(3)26(12-15-7-9-16(24)10-8-15)20(27)11-17-18(22)5-4-6-19(17)23/h4-10,13-14H,11-12H2,1-3H3,(H,25,28)/t14-/m0/s1. The molecule has 7 heteroatoms. The number of amides is 2. The highest BCUT2D eigenvalue weighted by Gasteiger charge is 2.27. The number of rotatable bonds is 7. The Kier molecular flexibility index (Phi) is 7.84. The summed E-state index contributed by atoms with van der Waals surface area (Å²) in [5.74, 6) is -0.934. The molecule has 0 aliphatic rings. The van der Waals surface area contributed by atoms with E-state index in [9.17, 15) is 14.0 Å². The highest BCUT2D eigenvalue weighted by Crippen LogP contribution is 2.26. The van der Waals surface area contributed by atoms with Crippen molar-refractivity contribution in [3.63, 3.8) is 0 Å². The van der Waals surface area contributed by atoms with Gasteiger partial charge in [0.15, 0.2) is 0 Å². The zero-order valence-corrected chi connectivity index (χ0v) is 17.5. The van der Waals surface area contributed by atoms with E-state index < -0.39 is 6.04 Å². The minimum absolute atomic E-state index is 0.0427. The van der Waals surface area contributed by atoms with Crippen LogP contribution in [0.25, 0.3) is 0 Å². The van der Waals surface area contributed by atoms with Gasteiger partial charge in [0.2, 0.25) is 11.8 Å². The lowest BCUT2D eigenvalue weighted by Crippen LogP contribution is -2.49. The molecule has 2 amide bonds. The van der Waals surface area contributed by atoms with E-state index >= 15 is 0 Å². The van der Waals surface area contributed by atoms with Crippen LogP contribution in [0.1, 0.15) is 31.9 Å². The molecule has 1 N–H and O–H groups in total. The zero-order valence-electron chi connectivity index (χ0n) is 16.0. The van der Waals surface area contributed by atoms with Crippen molar-refractivity contribution in [2.45, 2.75) is 45.8 Å². The van der Waals surface area contributed by atoms with Crippen LogP contribution in [0.4, 0.5) is 4.39 Å². The average molecular weight is 425 g/mol. The van der Waals surface area contributed by atoms with Gasteiger partial charge in [-0.2, -0.15) is 0 Å². The van der Waals surface area contributed by atoms with Crippen LogP contribution in [0.15, 0.2) is 42.5 Å². The third kappa shape index (κ3) is 5.94. The fraction of sp³-hybridized carbons (Fsp3) is 0.333. The maximum Gasteiger partial charge on any atom is 0.242 e. The number of carbonyl (C=O) groups is 2. The molecule has 28 heavy (non-hydrogen) atoms. The molecule has 0 aliphatic heterocycles. The van der Waals surface area contributed by atoms with Crippen LogP contribution in [-0.4, -0.2) is 28.8 Å². The molecule has 2 aromatic carbocycles. The van der Waals surface area contributed by atoms with E-state index in [2.05, 4.69) is 5.32 Å². The predicted octanol–water partition coefficient (Wildman–Crippen LogP) is 4.62. The number of nitrogens with one attached hydrogen (secondary N) is 1. The van der Waals surface area contributed by atoms with E-state index in [0.717, 1.165) is 0 Å². The molecule has 0 heterocycles. The largest absolute Gasteiger partial charge is 0.352 e. The summed E-state index contributed by atoms with van der Waals surface area (Å²) >= 11 is 12.4. The van der Waals surface area contributed by atoms with Gasteiger partial charge >= 0.3 is 0 Å². The molecule has 0 bridgehead atoms. The van der Waals surface area contributed by atoms with Gasteiger partial charge in [0.25, 0.3) is 0 Å². The monoisotopic (exact) mass is 424 g/mol. The fourth-order valence-electron chi connectivity index (χ4n) is 2.73. The third-order valence-corrected chi connectivity index (χ3v) is 4.96. The van der Waals surface area contributed by atoms with E-state index in [1.165, 1.54) is 17.0 Å². The average Bonchev–Trinajstić information content (AvgIpc) is 2.63. The molecule has 0 saturated carbocycles. The van der Waals surface area contributed by atoms with Crippen molar-refractivity contribution in [3.8, 4) is 0 Å².